The first kappa shape index (κ1) is 10.2. The largest absolute Gasteiger partial charge is 0.476 e. The number of fused-ring (bicyclic) bond motifs is 1. The Labute approximate surface area is 88.7 Å². The number of aromatic amines is 1. The molecule has 4 heteroatoms. The van der Waals surface area contributed by atoms with E-state index in [9.17, 15) is 4.79 Å². The molecule has 2 rings (SSSR count). The first-order chi connectivity index (χ1) is 7.09. The lowest BCUT2D eigenvalue weighted by Crippen LogP contribution is -2.20. The number of hydrogen-bond acceptors (Lipinski definition) is 2. The summed E-state index contributed by atoms with van der Waals surface area (Å²) in [7, 11) is 0. The highest BCUT2D eigenvalue weighted by Crippen LogP contribution is 2.30. The third kappa shape index (κ3) is 1.76. The van der Waals surface area contributed by atoms with E-state index in [1.54, 1.807) is 0 Å². The van der Waals surface area contributed by atoms with Gasteiger partial charge in [-0.1, -0.05) is 13.8 Å². The van der Waals surface area contributed by atoms with Crippen LogP contribution in [0.2, 0.25) is 0 Å². The lowest BCUT2D eigenvalue weighted by atomic mass is 9.80. The average molecular weight is 208 g/mol. The molecule has 15 heavy (non-hydrogen) atoms. The molecule has 1 aromatic heterocycles. The third-order valence-corrected chi connectivity index (χ3v) is 3.33. The molecule has 2 N–H and O–H groups in total. The summed E-state index contributed by atoms with van der Waals surface area (Å²) < 4.78 is 0. The van der Waals surface area contributed by atoms with Crippen molar-refractivity contribution in [2.45, 2.75) is 33.1 Å². The van der Waals surface area contributed by atoms with Crippen LogP contribution in [0.25, 0.3) is 0 Å². The zero-order valence-electron chi connectivity index (χ0n) is 9.08. The second-order valence-electron chi connectivity index (χ2n) is 4.58. The van der Waals surface area contributed by atoms with Gasteiger partial charge in [0.15, 0.2) is 5.69 Å². The van der Waals surface area contributed by atoms with Gasteiger partial charge in [-0.3, -0.25) is 5.10 Å². The molecule has 0 bridgehead atoms. The highest BCUT2D eigenvalue weighted by molar-refractivity contribution is 5.87. The van der Waals surface area contributed by atoms with E-state index in [2.05, 4.69) is 24.0 Å². The van der Waals surface area contributed by atoms with Gasteiger partial charge in [-0.15, -0.1) is 0 Å². The predicted octanol–water partition coefficient (Wildman–Crippen LogP) is 1.87. The molecule has 0 aromatic carbocycles. The molecule has 4 nitrogen and oxygen atoms in total. The highest BCUT2D eigenvalue weighted by atomic mass is 16.4. The Morgan fingerprint density at radius 3 is 2.93 bits per heavy atom. The number of nitrogens with one attached hydrogen (secondary N) is 1. The maximum atomic E-state index is 10.9. The van der Waals surface area contributed by atoms with Crippen LogP contribution in [0.1, 0.15) is 42.0 Å². The number of carboxylic acid groups (broad SMARTS) is 1. The van der Waals surface area contributed by atoms with E-state index in [-0.39, 0.29) is 5.69 Å². The molecular formula is C11H16N2O2. The lowest BCUT2D eigenvalue weighted by Gasteiger charge is -2.25. The van der Waals surface area contributed by atoms with Crippen molar-refractivity contribution in [3.8, 4) is 0 Å². The van der Waals surface area contributed by atoms with Gasteiger partial charge in [0.1, 0.15) is 0 Å². The van der Waals surface area contributed by atoms with Crippen molar-refractivity contribution in [1.82, 2.24) is 10.2 Å². The van der Waals surface area contributed by atoms with E-state index in [1.165, 1.54) is 0 Å². The summed E-state index contributed by atoms with van der Waals surface area (Å²) >= 11 is 0. The minimum atomic E-state index is -0.920. The SMILES string of the molecule is CC(C)C1CCc2[nH]nc(C(=O)O)c2C1. The monoisotopic (exact) mass is 208 g/mol. The van der Waals surface area contributed by atoms with E-state index in [0.29, 0.717) is 11.8 Å². The normalized spacial score (nSPS) is 20.3. The van der Waals surface area contributed by atoms with E-state index in [1.807, 2.05) is 0 Å². The number of nitrogens with zero attached hydrogens (tertiary/aromatic N) is 1. The van der Waals surface area contributed by atoms with Crippen LogP contribution in [0, 0.1) is 11.8 Å². The van der Waals surface area contributed by atoms with Gasteiger partial charge in [0, 0.05) is 11.3 Å². The first-order valence-corrected chi connectivity index (χ1v) is 5.39. The van der Waals surface area contributed by atoms with Gasteiger partial charge in [0.25, 0.3) is 0 Å². The van der Waals surface area contributed by atoms with Crippen molar-refractivity contribution in [1.29, 1.82) is 0 Å². The number of carboxylic acids is 1. The van der Waals surface area contributed by atoms with Crippen LogP contribution in [-0.4, -0.2) is 21.3 Å². The molecule has 82 valence electrons. The fourth-order valence-electron chi connectivity index (χ4n) is 2.27. The van der Waals surface area contributed by atoms with E-state index in [4.69, 9.17) is 5.11 Å². The number of aromatic nitrogens is 2. The maximum Gasteiger partial charge on any atom is 0.356 e. The van der Waals surface area contributed by atoms with E-state index < -0.39 is 5.97 Å². The minimum absolute atomic E-state index is 0.218. The second-order valence-corrected chi connectivity index (χ2v) is 4.58. The van der Waals surface area contributed by atoms with Crippen LogP contribution in [0.4, 0.5) is 0 Å². The Morgan fingerprint density at radius 1 is 1.60 bits per heavy atom. The van der Waals surface area contributed by atoms with Crippen LogP contribution in [-0.2, 0) is 12.8 Å². The molecule has 1 aromatic rings. The summed E-state index contributed by atoms with van der Waals surface area (Å²) in [5.41, 5.74) is 2.16. The molecule has 1 aliphatic rings. The number of aromatic carboxylic acids is 1. The zero-order chi connectivity index (χ0) is 11.0. The molecule has 0 spiro atoms. The van der Waals surface area contributed by atoms with Crippen molar-refractivity contribution in [2.24, 2.45) is 11.8 Å². The topological polar surface area (TPSA) is 66.0 Å². The molecule has 0 aliphatic heterocycles. The van der Waals surface area contributed by atoms with Crippen molar-refractivity contribution in [3.63, 3.8) is 0 Å². The van der Waals surface area contributed by atoms with Crippen molar-refractivity contribution in [3.05, 3.63) is 17.0 Å². The number of carbonyl (C=O) groups is 1. The molecule has 0 fully saturated rings. The molecule has 0 saturated heterocycles. The van der Waals surface area contributed by atoms with Gasteiger partial charge in [-0.25, -0.2) is 4.79 Å². The third-order valence-electron chi connectivity index (χ3n) is 3.33. The Bertz CT molecular complexity index is 382. The molecule has 1 heterocycles. The van der Waals surface area contributed by atoms with Gasteiger partial charge in [0.05, 0.1) is 0 Å². The smallest absolute Gasteiger partial charge is 0.356 e. The van der Waals surface area contributed by atoms with Gasteiger partial charge >= 0.3 is 5.97 Å². The average Bonchev–Trinajstić information content (AvgIpc) is 2.59. The fourth-order valence-corrected chi connectivity index (χ4v) is 2.27. The fraction of sp³-hybridized carbons (Fsp3) is 0.636. The molecular weight excluding hydrogens is 192 g/mol. The van der Waals surface area contributed by atoms with Crippen LogP contribution in [0.5, 0.6) is 0 Å². The molecule has 0 saturated carbocycles. The quantitative estimate of drug-likeness (QED) is 0.779. The molecule has 0 radical (unpaired) electrons. The zero-order valence-corrected chi connectivity index (χ0v) is 9.08. The number of aryl methyl sites for hydroxylation is 1. The van der Waals surface area contributed by atoms with Gasteiger partial charge in [-0.2, -0.15) is 5.10 Å². The number of H-pyrrole nitrogens is 1. The van der Waals surface area contributed by atoms with Gasteiger partial charge < -0.3 is 5.11 Å². The molecule has 1 unspecified atom stereocenters. The summed E-state index contributed by atoms with van der Waals surface area (Å²) in [6.07, 6.45) is 2.91. The number of hydrogen-bond donors (Lipinski definition) is 2. The predicted molar refractivity (Wildman–Crippen MR) is 55.9 cm³/mol. The van der Waals surface area contributed by atoms with Crippen LogP contribution in [0.3, 0.4) is 0 Å². The summed E-state index contributed by atoms with van der Waals surface area (Å²) in [4.78, 5) is 10.9. The summed E-state index contributed by atoms with van der Waals surface area (Å²) in [6.45, 7) is 4.38. The summed E-state index contributed by atoms with van der Waals surface area (Å²) in [6, 6.07) is 0. The second kappa shape index (κ2) is 3.68. The van der Waals surface area contributed by atoms with Crippen molar-refractivity contribution in [2.75, 3.05) is 0 Å². The van der Waals surface area contributed by atoms with E-state index in [0.717, 1.165) is 30.5 Å². The summed E-state index contributed by atoms with van der Waals surface area (Å²) in [5.74, 6) is 0.278. The van der Waals surface area contributed by atoms with Gasteiger partial charge in [-0.05, 0) is 31.1 Å². The Morgan fingerprint density at radius 2 is 2.33 bits per heavy atom. The van der Waals surface area contributed by atoms with E-state index >= 15 is 0 Å². The van der Waals surface area contributed by atoms with Crippen molar-refractivity contribution < 1.29 is 9.90 Å². The molecule has 0 amide bonds. The minimum Gasteiger partial charge on any atom is -0.476 e. The van der Waals surface area contributed by atoms with Gasteiger partial charge in [0.2, 0.25) is 0 Å². The molecule has 1 atom stereocenters. The lowest BCUT2D eigenvalue weighted by molar-refractivity contribution is 0.0688. The van der Waals surface area contributed by atoms with Crippen LogP contribution in [0.15, 0.2) is 0 Å². The first-order valence-electron chi connectivity index (χ1n) is 5.39. The van der Waals surface area contributed by atoms with Crippen LogP contribution < -0.4 is 0 Å². The highest BCUT2D eigenvalue weighted by Gasteiger charge is 2.27. The summed E-state index contributed by atoms with van der Waals surface area (Å²) in [5, 5.41) is 15.7. The molecule has 1 aliphatic carbocycles. The standard InChI is InChI=1S/C11H16N2O2/c1-6(2)7-3-4-9-8(5-7)10(11(14)15)13-12-9/h6-7H,3-5H2,1-2H3,(H,12,13)(H,14,15). The Hall–Kier alpha value is -1.32. The van der Waals surface area contributed by atoms with Crippen LogP contribution >= 0.6 is 0 Å². The maximum absolute atomic E-state index is 10.9. The Kier molecular flexibility index (Phi) is 2.50. The number of rotatable bonds is 2. The Balaban J connectivity index is 2.30. The van der Waals surface area contributed by atoms with Crippen molar-refractivity contribution >= 4 is 5.97 Å².